The molecule has 4 nitrogen and oxygen atoms in total. The molecule has 1 heterocycles. The van der Waals surface area contributed by atoms with Gasteiger partial charge in [0, 0.05) is 19.5 Å². The molecule has 1 amide bonds. The maximum absolute atomic E-state index is 12.8. The number of nitrogens with one attached hydrogen (secondary N) is 1. The van der Waals surface area contributed by atoms with E-state index in [1.807, 2.05) is 6.92 Å². The Bertz CT molecular complexity index is 595. The molecule has 3 N–H and O–H groups in total. The van der Waals surface area contributed by atoms with Crippen molar-refractivity contribution in [2.45, 2.75) is 13.3 Å². The van der Waals surface area contributed by atoms with E-state index in [1.165, 1.54) is 23.5 Å². The largest absolute Gasteiger partial charge is 0.350 e. The van der Waals surface area contributed by atoms with E-state index in [-0.39, 0.29) is 11.7 Å². The predicted molar refractivity (Wildman–Crippen MR) is 77.4 cm³/mol. The molecular weight excluding hydrogens is 277 g/mol. The van der Waals surface area contributed by atoms with Crippen molar-refractivity contribution in [1.82, 2.24) is 10.3 Å². The third-order valence-electron chi connectivity index (χ3n) is 2.75. The molecule has 0 saturated carbocycles. The predicted octanol–water partition coefficient (Wildman–Crippen LogP) is 1.87. The van der Waals surface area contributed by atoms with Crippen LogP contribution in [0.5, 0.6) is 0 Å². The Labute approximate surface area is 120 Å². The lowest BCUT2D eigenvalue weighted by molar-refractivity contribution is 0.0958. The van der Waals surface area contributed by atoms with Crippen molar-refractivity contribution in [3.05, 3.63) is 51.2 Å². The van der Waals surface area contributed by atoms with Crippen LogP contribution in [-0.4, -0.2) is 24.0 Å². The number of rotatable bonds is 5. The van der Waals surface area contributed by atoms with Gasteiger partial charge in [-0.25, -0.2) is 9.37 Å². The van der Waals surface area contributed by atoms with Crippen LogP contribution in [0.2, 0.25) is 0 Å². The minimum absolute atomic E-state index is 0.143. The van der Waals surface area contributed by atoms with E-state index in [0.717, 1.165) is 10.6 Å². The summed E-state index contributed by atoms with van der Waals surface area (Å²) in [6, 6.07) is 6.29. The van der Waals surface area contributed by atoms with E-state index in [2.05, 4.69) is 10.3 Å². The molecule has 0 radical (unpaired) electrons. The fraction of sp³-hybridized carbons (Fsp3) is 0.286. The van der Waals surface area contributed by atoms with Gasteiger partial charge in [0.05, 0.1) is 10.7 Å². The molecule has 6 heteroatoms. The van der Waals surface area contributed by atoms with Gasteiger partial charge >= 0.3 is 0 Å². The van der Waals surface area contributed by atoms with Crippen LogP contribution in [0.25, 0.3) is 0 Å². The molecule has 2 aromatic rings. The third-order valence-corrected chi connectivity index (χ3v) is 3.90. The van der Waals surface area contributed by atoms with Crippen molar-refractivity contribution in [3.8, 4) is 0 Å². The number of nitrogens with two attached hydrogens (primary N) is 1. The van der Waals surface area contributed by atoms with Crippen LogP contribution in [0.1, 0.15) is 25.9 Å². The first-order valence-corrected chi connectivity index (χ1v) is 7.11. The van der Waals surface area contributed by atoms with Crippen LogP contribution < -0.4 is 11.1 Å². The zero-order valence-corrected chi connectivity index (χ0v) is 12.0. The van der Waals surface area contributed by atoms with Gasteiger partial charge < -0.3 is 11.1 Å². The van der Waals surface area contributed by atoms with E-state index in [1.54, 1.807) is 12.1 Å². The summed E-state index contributed by atoms with van der Waals surface area (Å²) in [6.45, 7) is 2.66. The maximum atomic E-state index is 12.8. The summed E-state index contributed by atoms with van der Waals surface area (Å²) in [5.41, 5.74) is 7.03. The summed E-state index contributed by atoms with van der Waals surface area (Å²) in [5, 5.41) is 3.57. The lowest BCUT2D eigenvalue weighted by atomic mass is 10.1. The molecule has 0 aliphatic rings. The standard InChI is InChI=1S/C14H16FN3OS/c1-9-13(14(19)17-7-6-16)20-12(18-9)8-10-2-4-11(15)5-3-10/h2-5H,6-8,16H2,1H3,(H,17,19). The molecule has 0 fully saturated rings. The van der Waals surface area contributed by atoms with Gasteiger partial charge in [-0.15, -0.1) is 11.3 Å². The quantitative estimate of drug-likeness (QED) is 0.884. The second-order valence-corrected chi connectivity index (χ2v) is 5.45. The third kappa shape index (κ3) is 3.61. The zero-order chi connectivity index (χ0) is 14.5. The van der Waals surface area contributed by atoms with Gasteiger partial charge in [0.25, 0.3) is 5.91 Å². The molecule has 0 aliphatic carbocycles. The van der Waals surface area contributed by atoms with Crippen LogP contribution in [0.3, 0.4) is 0 Å². The minimum atomic E-state index is -0.258. The molecule has 20 heavy (non-hydrogen) atoms. The molecule has 1 aromatic heterocycles. The minimum Gasteiger partial charge on any atom is -0.350 e. The second kappa shape index (κ2) is 6.58. The Morgan fingerprint density at radius 1 is 1.40 bits per heavy atom. The van der Waals surface area contributed by atoms with E-state index >= 15 is 0 Å². The average molecular weight is 293 g/mol. The fourth-order valence-electron chi connectivity index (χ4n) is 1.78. The number of hydrogen-bond acceptors (Lipinski definition) is 4. The monoisotopic (exact) mass is 293 g/mol. The van der Waals surface area contributed by atoms with Gasteiger partial charge in [0.15, 0.2) is 0 Å². The van der Waals surface area contributed by atoms with Crippen molar-refractivity contribution in [1.29, 1.82) is 0 Å². The van der Waals surface area contributed by atoms with Crippen LogP contribution in [0, 0.1) is 12.7 Å². The second-order valence-electron chi connectivity index (χ2n) is 4.37. The zero-order valence-electron chi connectivity index (χ0n) is 11.1. The number of benzene rings is 1. The molecule has 0 saturated heterocycles. The first kappa shape index (κ1) is 14.6. The summed E-state index contributed by atoms with van der Waals surface area (Å²) in [5.74, 6) is -0.401. The number of halogens is 1. The molecule has 1 aromatic carbocycles. The van der Waals surface area contributed by atoms with Crippen LogP contribution >= 0.6 is 11.3 Å². The van der Waals surface area contributed by atoms with E-state index in [9.17, 15) is 9.18 Å². The van der Waals surface area contributed by atoms with E-state index < -0.39 is 0 Å². The molecule has 106 valence electrons. The number of nitrogens with zero attached hydrogens (tertiary/aromatic N) is 1. The van der Waals surface area contributed by atoms with Gasteiger partial charge in [-0.3, -0.25) is 4.79 Å². The Hall–Kier alpha value is -1.79. The summed E-state index contributed by atoms with van der Waals surface area (Å²) in [7, 11) is 0. The Morgan fingerprint density at radius 2 is 2.10 bits per heavy atom. The normalized spacial score (nSPS) is 10.6. The first-order chi connectivity index (χ1) is 9.60. The molecule has 0 atom stereocenters. The Balaban J connectivity index is 2.10. The lowest BCUT2D eigenvalue weighted by Crippen LogP contribution is -2.28. The average Bonchev–Trinajstić information content (AvgIpc) is 2.79. The number of amides is 1. The van der Waals surface area contributed by atoms with Gasteiger partial charge in [0.2, 0.25) is 0 Å². The number of hydrogen-bond donors (Lipinski definition) is 2. The van der Waals surface area contributed by atoms with Crippen LogP contribution in [0.4, 0.5) is 4.39 Å². The number of carbonyl (C=O) groups is 1. The van der Waals surface area contributed by atoms with Crippen molar-refractivity contribution in [2.75, 3.05) is 13.1 Å². The van der Waals surface area contributed by atoms with Crippen molar-refractivity contribution < 1.29 is 9.18 Å². The lowest BCUT2D eigenvalue weighted by Gasteiger charge is -2.00. The number of aromatic nitrogens is 1. The van der Waals surface area contributed by atoms with E-state index in [0.29, 0.717) is 30.1 Å². The van der Waals surface area contributed by atoms with Gasteiger partial charge in [0.1, 0.15) is 10.7 Å². The molecule has 0 unspecified atom stereocenters. The SMILES string of the molecule is Cc1nc(Cc2ccc(F)cc2)sc1C(=O)NCCN. The van der Waals surface area contributed by atoms with Gasteiger partial charge in [-0.1, -0.05) is 12.1 Å². The number of thiazole rings is 1. The summed E-state index contributed by atoms with van der Waals surface area (Å²) >= 11 is 1.36. The highest BCUT2D eigenvalue weighted by molar-refractivity contribution is 7.13. The fourth-order valence-corrected chi connectivity index (χ4v) is 2.80. The topological polar surface area (TPSA) is 68.0 Å². The molecule has 0 aliphatic heterocycles. The number of carbonyl (C=O) groups excluding carboxylic acids is 1. The molecule has 0 bridgehead atoms. The van der Waals surface area contributed by atoms with Crippen molar-refractivity contribution >= 4 is 17.2 Å². The van der Waals surface area contributed by atoms with Crippen molar-refractivity contribution in [3.63, 3.8) is 0 Å². The highest BCUT2D eigenvalue weighted by Crippen LogP contribution is 2.21. The molecule has 2 rings (SSSR count). The summed E-state index contributed by atoms with van der Waals surface area (Å²) < 4.78 is 12.8. The van der Waals surface area contributed by atoms with Crippen LogP contribution in [0.15, 0.2) is 24.3 Å². The van der Waals surface area contributed by atoms with Gasteiger partial charge in [-0.05, 0) is 24.6 Å². The summed E-state index contributed by atoms with van der Waals surface area (Å²) in [4.78, 5) is 16.9. The highest BCUT2D eigenvalue weighted by Gasteiger charge is 2.14. The van der Waals surface area contributed by atoms with E-state index in [4.69, 9.17) is 5.73 Å². The van der Waals surface area contributed by atoms with Gasteiger partial charge in [-0.2, -0.15) is 0 Å². The Kier molecular flexibility index (Phi) is 4.81. The maximum Gasteiger partial charge on any atom is 0.263 e. The Morgan fingerprint density at radius 3 is 2.75 bits per heavy atom. The highest BCUT2D eigenvalue weighted by atomic mass is 32.1. The molecular formula is C14H16FN3OS. The molecule has 0 spiro atoms. The number of aryl methyl sites for hydroxylation is 1. The first-order valence-electron chi connectivity index (χ1n) is 6.29. The summed E-state index contributed by atoms with van der Waals surface area (Å²) in [6.07, 6.45) is 0.593. The smallest absolute Gasteiger partial charge is 0.263 e. The van der Waals surface area contributed by atoms with Crippen LogP contribution in [-0.2, 0) is 6.42 Å². The van der Waals surface area contributed by atoms with Crippen molar-refractivity contribution in [2.24, 2.45) is 5.73 Å².